The summed E-state index contributed by atoms with van der Waals surface area (Å²) < 4.78 is 2.04. The molecule has 0 bridgehead atoms. The summed E-state index contributed by atoms with van der Waals surface area (Å²) in [6, 6.07) is 44.8. The molecule has 4 aromatic carbocycles. The minimum absolute atomic E-state index is 0.125. The first-order valence-electron chi connectivity index (χ1n) is 14.5. The molecule has 0 fully saturated rings. The molecule has 0 aliphatic heterocycles. The molecule has 0 saturated carbocycles. The van der Waals surface area contributed by atoms with Crippen LogP contribution in [-0.4, -0.2) is 19.6 Å². The van der Waals surface area contributed by atoms with Crippen molar-refractivity contribution < 1.29 is 5.11 Å². The molecule has 0 saturated heterocycles. The van der Waals surface area contributed by atoms with Gasteiger partial charge in [0.05, 0.1) is 22.6 Å². The van der Waals surface area contributed by atoms with Crippen molar-refractivity contribution >= 4 is 39.1 Å². The van der Waals surface area contributed by atoms with E-state index >= 15 is 0 Å². The molecule has 0 amide bonds. The molecule has 7 rings (SSSR count). The number of aromatic nitrogens is 3. The van der Waals surface area contributed by atoms with Gasteiger partial charge in [0.15, 0.2) is 0 Å². The number of pyridine rings is 2. The normalized spacial score (nSPS) is 11.7. The van der Waals surface area contributed by atoms with Crippen LogP contribution in [0, 0.1) is 0 Å². The summed E-state index contributed by atoms with van der Waals surface area (Å²) >= 11 is 0. The van der Waals surface area contributed by atoms with Gasteiger partial charge < -0.3 is 5.11 Å². The molecule has 7 aromatic rings. The van der Waals surface area contributed by atoms with Crippen LogP contribution >= 0.6 is 0 Å². The Morgan fingerprint density at radius 1 is 0.605 bits per heavy atom. The summed E-state index contributed by atoms with van der Waals surface area (Å²) in [5, 5.41) is 13.0. The number of phenolic OH excluding ortho intramolecular Hbond substituents is 1. The van der Waals surface area contributed by atoms with E-state index in [9.17, 15) is 5.11 Å². The SMILES string of the molecule is CC(C)(C)c1cc(-c2ccc3c4ccccc4n(-c4ccccc4O)c3n2)nc(N(c2ccccc2)c2ccccc2)c1. The first-order chi connectivity index (χ1) is 20.9. The van der Waals surface area contributed by atoms with E-state index in [1.807, 2.05) is 71.3 Å². The number of rotatable bonds is 5. The minimum atomic E-state index is -0.125. The summed E-state index contributed by atoms with van der Waals surface area (Å²) in [5.74, 6) is 1.02. The summed E-state index contributed by atoms with van der Waals surface area (Å²) in [7, 11) is 0. The van der Waals surface area contributed by atoms with Gasteiger partial charge in [0.2, 0.25) is 0 Å². The fourth-order valence-electron chi connectivity index (χ4n) is 5.64. The third kappa shape index (κ3) is 4.79. The number of hydrogen-bond acceptors (Lipinski definition) is 4. The zero-order valence-corrected chi connectivity index (χ0v) is 24.4. The van der Waals surface area contributed by atoms with Crippen LogP contribution in [0.5, 0.6) is 5.75 Å². The molecule has 0 radical (unpaired) electrons. The molecule has 210 valence electrons. The summed E-state index contributed by atoms with van der Waals surface area (Å²) in [6.07, 6.45) is 0. The lowest BCUT2D eigenvalue weighted by Crippen LogP contribution is -2.16. The van der Waals surface area contributed by atoms with Gasteiger partial charge in [0.1, 0.15) is 17.2 Å². The predicted molar refractivity (Wildman–Crippen MR) is 177 cm³/mol. The van der Waals surface area contributed by atoms with Crippen molar-refractivity contribution in [1.29, 1.82) is 0 Å². The Morgan fingerprint density at radius 3 is 1.91 bits per heavy atom. The van der Waals surface area contributed by atoms with E-state index in [0.29, 0.717) is 5.69 Å². The molecule has 0 spiro atoms. The molecule has 0 aliphatic rings. The molecule has 43 heavy (non-hydrogen) atoms. The highest BCUT2D eigenvalue weighted by Gasteiger charge is 2.22. The van der Waals surface area contributed by atoms with Gasteiger partial charge in [-0.05, 0) is 77.7 Å². The second kappa shape index (κ2) is 10.4. The molecule has 3 aromatic heterocycles. The van der Waals surface area contributed by atoms with E-state index in [2.05, 4.69) is 86.3 Å². The van der Waals surface area contributed by atoms with Crippen molar-refractivity contribution in [3.05, 3.63) is 139 Å². The standard InChI is InChI=1S/C38H32N4O/c1-38(2,3)26-24-32(39-36(25-26)41(27-14-6-4-7-15-27)28-16-8-5-9-17-28)31-23-22-30-29-18-10-11-19-33(29)42(37(30)40-31)34-20-12-13-21-35(34)43/h4-25,43H,1-3H3. The lowest BCUT2D eigenvalue weighted by molar-refractivity contribution is 0.473. The van der Waals surface area contributed by atoms with E-state index < -0.39 is 0 Å². The summed E-state index contributed by atoms with van der Waals surface area (Å²) in [4.78, 5) is 12.7. The Hall–Kier alpha value is -5.42. The van der Waals surface area contributed by atoms with Crippen molar-refractivity contribution in [2.24, 2.45) is 0 Å². The van der Waals surface area contributed by atoms with Crippen LogP contribution in [-0.2, 0) is 5.41 Å². The maximum Gasteiger partial charge on any atom is 0.146 e. The van der Waals surface area contributed by atoms with Gasteiger partial charge in [0, 0.05) is 22.1 Å². The van der Waals surface area contributed by atoms with E-state index in [1.54, 1.807) is 6.07 Å². The highest BCUT2D eigenvalue weighted by Crippen LogP contribution is 2.39. The monoisotopic (exact) mass is 560 g/mol. The van der Waals surface area contributed by atoms with Crippen LogP contribution in [0.1, 0.15) is 26.3 Å². The van der Waals surface area contributed by atoms with Gasteiger partial charge in [-0.2, -0.15) is 0 Å². The van der Waals surface area contributed by atoms with E-state index in [4.69, 9.17) is 9.97 Å². The zero-order chi connectivity index (χ0) is 29.6. The average molecular weight is 561 g/mol. The number of benzene rings is 4. The van der Waals surface area contributed by atoms with Gasteiger partial charge in [-0.15, -0.1) is 0 Å². The number of aromatic hydroxyl groups is 1. The van der Waals surface area contributed by atoms with Crippen molar-refractivity contribution in [1.82, 2.24) is 14.5 Å². The zero-order valence-electron chi connectivity index (χ0n) is 24.4. The first kappa shape index (κ1) is 26.5. The summed E-state index contributed by atoms with van der Waals surface area (Å²) in [5.41, 5.74) is 7.09. The Morgan fingerprint density at radius 2 is 1.23 bits per heavy atom. The van der Waals surface area contributed by atoms with Crippen LogP contribution in [0.25, 0.3) is 39.0 Å². The van der Waals surface area contributed by atoms with Crippen molar-refractivity contribution in [2.45, 2.75) is 26.2 Å². The summed E-state index contributed by atoms with van der Waals surface area (Å²) in [6.45, 7) is 6.66. The van der Waals surface area contributed by atoms with Crippen molar-refractivity contribution in [3.8, 4) is 22.8 Å². The van der Waals surface area contributed by atoms with Gasteiger partial charge in [-0.1, -0.05) is 87.5 Å². The molecule has 0 aliphatic carbocycles. The Bertz CT molecular complexity index is 2040. The highest BCUT2D eigenvalue weighted by atomic mass is 16.3. The van der Waals surface area contributed by atoms with Gasteiger partial charge in [-0.25, -0.2) is 9.97 Å². The third-order valence-corrected chi connectivity index (χ3v) is 7.84. The van der Waals surface area contributed by atoms with E-state index in [1.165, 1.54) is 0 Å². The van der Waals surface area contributed by atoms with Gasteiger partial charge in [0.25, 0.3) is 0 Å². The number of fused-ring (bicyclic) bond motifs is 3. The second-order valence-corrected chi connectivity index (χ2v) is 11.8. The molecule has 5 heteroatoms. The fraction of sp³-hybridized carbons (Fsp3) is 0.105. The topological polar surface area (TPSA) is 54.2 Å². The van der Waals surface area contributed by atoms with Gasteiger partial charge >= 0.3 is 0 Å². The molecular formula is C38H32N4O. The quantitative estimate of drug-likeness (QED) is 0.228. The number of anilines is 3. The van der Waals surface area contributed by atoms with E-state index in [-0.39, 0.29) is 11.2 Å². The number of para-hydroxylation sites is 5. The maximum absolute atomic E-state index is 10.9. The molecule has 3 heterocycles. The van der Waals surface area contributed by atoms with Crippen molar-refractivity contribution in [2.75, 3.05) is 4.90 Å². The van der Waals surface area contributed by atoms with Crippen LogP contribution in [0.2, 0.25) is 0 Å². The molecule has 0 unspecified atom stereocenters. The second-order valence-electron chi connectivity index (χ2n) is 11.8. The predicted octanol–water partition coefficient (Wildman–Crippen LogP) is 9.71. The molecule has 5 nitrogen and oxygen atoms in total. The Balaban J connectivity index is 1.48. The highest BCUT2D eigenvalue weighted by molar-refractivity contribution is 6.08. The van der Waals surface area contributed by atoms with Crippen LogP contribution in [0.15, 0.2) is 133 Å². The first-order valence-corrected chi connectivity index (χ1v) is 14.5. The minimum Gasteiger partial charge on any atom is -0.506 e. The Kier molecular flexibility index (Phi) is 6.43. The van der Waals surface area contributed by atoms with Crippen LogP contribution < -0.4 is 4.90 Å². The lowest BCUT2D eigenvalue weighted by atomic mass is 9.87. The lowest BCUT2D eigenvalue weighted by Gasteiger charge is -2.27. The fourth-order valence-corrected chi connectivity index (χ4v) is 5.64. The van der Waals surface area contributed by atoms with Crippen LogP contribution in [0.3, 0.4) is 0 Å². The van der Waals surface area contributed by atoms with E-state index in [0.717, 1.165) is 56.1 Å². The number of phenols is 1. The molecule has 0 atom stereocenters. The smallest absolute Gasteiger partial charge is 0.146 e. The van der Waals surface area contributed by atoms with Crippen LogP contribution in [0.4, 0.5) is 17.2 Å². The van der Waals surface area contributed by atoms with Crippen molar-refractivity contribution in [3.63, 3.8) is 0 Å². The number of hydrogen-bond donors (Lipinski definition) is 1. The molecular weight excluding hydrogens is 528 g/mol. The third-order valence-electron chi connectivity index (χ3n) is 7.84. The van der Waals surface area contributed by atoms with Gasteiger partial charge in [-0.3, -0.25) is 9.47 Å². The largest absolute Gasteiger partial charge is 0.506 e. The number of nitrogens with zero attached hydrogens (tertiary/aromatic N) is 4. The molecule has 1 N–H and O–H groups in total. The Labute approximate surface area is 251 Å². The average Bonchev–Trinajstić information content (AvgIpc) is 3.35. The maximum atomic E-state index is 10.9.